The molecule has 0 saturated carbocycles. The summed E-state index contributed by atoms with van der Waals surface area (Å²) in [4.78, 5) is 0. The fourth-order valence-electron chi connectivity index (χ4n) is 2.49. The molecule has 1 atom stereocenters. The Hall–Kier alpha value is -0.210. The third-order valence-corrected chi connectivity index (χ3v) is 5.25. The van der Waals surface area contributed by atoms with Crippen LogP contribution in [0.3, 0.4) is 0 Å². The zero-order valence-corrected chi connectivity index (χ0v) is 12.3. The molecular formula is C12H25N3O3S. The van der Waals surface area contributed by atoms with Crippen LogP contribution in [0.5, 0.6) is 0 Å². The van der Waals surface area contributed by atoms with Crippen LogP contribution in [-0.4, -0.2) is 58.7 Å². The molecule has 0 aromatic rings. The maximum absolute atomic E-state index is 12.2. The Morgan fingerprint density at radius 3 is 2.68 bits per heavy atom. The van der Waals surface area contributed by atoms with Crippen LogP contribution in [0.2, 0.25) is 0 Å². The Balaban J connectivity index is 1.82. The van der Waals surface area contributed by atoms with Gasteiger partial charge in [0.1, 0.15) is 0 Å². The Bertz CT molecular complexity index is 345. The first kappa shape index (κ1) is 15.2. The van der Waals surface area contributed by atoms with Gasteiger partial charge in [-0.2, -0.15) is 12.7 Å². The van der Waals surface area contributed by atoms with E-state index in [2.05, 4.69) is 10.0 Å². The number of nitrogens with one attached hydrogen (secondary N) is 2. The van der Waals surface area contributed by atoms with Gasteiger partial charge in [0.05, 0.1) is 13.2 Å². The molecular weight excluding hydrogens is 266 g/mol. The third kappa shape index (κ3) is 5.00. The van der Waals surface area contributed by atoms with E-state index >= 15 is 0 Å². The van der Waals surface area contributed by atoms with Crippen LogP contribution >= 0.6 is 0 Å². The Morgan fingerprint density at radius 1 is 1.21 bits per heavy atom. The van der Waals surface area contributed by atoms with Gasteiger partial charge >= 0.3 is 0 Å². The van der Waals surface area contributed by atoms with E-state index in [1.807, 2.05) is 0 Å². The van der Waals surface area contributed by atoms with Crippen LogP contribution < -0.4 is 10.0 Å². The van der Waals surface area contributed by atoms with Gasteiger partial charge in [0, 0.05) is 38.6 Å². The summed E-state index contributed by atoms with van der Waals surface area (Å²) < 4.78 is 34.2. The van der Waals surface area contributed by atoms with Gasteiger partial charge in [-0.3, -0.25) is 0 Å². The summed E-state index contributed by atoms with van der Waals surface area (Å²) in [7, 11) is -3.32. The van der Waals surface area contributed by atoms with Crippen molar-refractivity contribution in [3.8, 4) is 0 Å². The van der Waals surface area contributed by atoms with E-state index in [0.29, 0.717) is 32.8 Å². The molecule has 2 aliphatic heterocycles. The van der Waals surface area contributed by atoms with Gasteiger partial charge in [-0.25, -0.2) is 4.72 Å². The zero-order valence-electron chi connectivity index (χ0n) is 11.4. The number of hydrogen-bond donors (Lipinski definition) is 2. The number of hydrogen-bond acceptors (Lipinski definition) is 4. The lowest BCUT2D eigenvalue weighted by Gasteiger charge is -2.22. The van der Waals surface area contributed by atoms with Crippen molar-refractivity contribution in [2.24, 2.45) is 5.92 Å². The molecule has 0 radical (unpaired) electrons. The Kier molecular flexibility index (Phi) is 6.03. The maximum atomic E-state index is 12.2. The number of nitrogens with zero attached hydrogens (tertiary/aromatic N) is 1. The Morgan fingerprint density at radius 2 is 1.95 bits per heavy atom. The molecule has 112 valence electrons. The highest BCUT2D eigenvalue weighted by Gasteiger charge is 2.24. The molecule has 6 nitrogen and oxygen atoms in total. The van der Waals surface area contributed by atoms with Gasteiger partial charge < -0.3 is 10.1 Å². The fourth-order valence-corrected chi connectivity index (χ4v) is 3.85. The monoisotopic (exact) mass is 291 g/mol. The number of rotatable bonds is 4. The first-order valence-electron chi connectivity index (χ1n) is 7.22. The van der Waals surface area contributed by atoms with Crippen molar-refractivity contribution in [2.75, 3.05) is 45.9 Å². The van der Waals surface area contributed by atoms with E-state index in [1.54, 1.807) is 4.31 Å². The molecule has 2 aliphatic rings. The molecule has 0 aromatic heterocycles. The smallest absolute Gasteiger partial charge is 0.279 e. The summed E-state index contributed by atoms with van der Waals surface area (Å²) in [5.74, 6) is 0.212. The highest BCUT2D eigenvalue weighted by molar-refractivity contribution is 7.87. The molecule has 7 heteroatoms. The molecule has 0 aromatic carbocycles. The topological polar surface area (TPSA) is 70.7 Å². The van der Waals surface area contributed by atoms with Crippen LogP contribution in [-0.2, 0) is 14.9 Å². The van der Waals surface area contributed by atoms with E-state index in [9.17, 15) is 8.42 Å². The van der Waals surface area contributed by atoms with Crippen molar-refractivity contribution in [3.05, 3.63) is 0 Å². The maximum Gasteiger partial charge on any atom is 0.279 e. The summed E-state index contributed by atoms with van der Waals surface area (Å²) >= 11 is 0. The van der Waals surface area contributed by atoms with Crippen LogP contribution in [0, 0.1) is 5.92 Å². The first-order valence-corrected chi connectivity index (χ1v) is 8.66. The van der Waals surface area contributed by atoms with Gasteiger partial charge in [0.15, 0.2) is 0 Å². The lowest BCUT2D eigenvalue weighted by molar-refractivity contribution is 0.124. The third-order valence-electron chi connectivity index (χ3n) is 3.67. The molecule has 0 unspecified atom stereocenters. The second-order valence-electron chi connectivity index (χ2n) is 5.31. The quantitative estimate of drug-likeness (QED) is 0.761. The lowest BCUT2D eigenvalue weighted by atomic mass is 10.2. The van der Waals surface area contributed by atoms with Gasteiger partial charge in [-0.05, 0) is 12.8 Å². The van der Waals surface area contributed by atoms with Crippen molar-refractivity contribution in [3.63, 3.8) is 0 Å². The highest BCUT2D eigenvalue weighted by Crippen LogP contribution is 2.12. The molecule has 0 bridgehead atoms. The first-order chi connectivity index (χ1) is 9.18. The van der Waals surface area contributed by atoms with Crippen molar-refractivity contribution >= 4 is 10.2 Å². The van der Waals surface area contributed by atoms with Crippen molar-refractivity contribution in [1.29, 1.82) is 0 Å². The standard InChI is InChI=1S/C12H25N3O3S/c16-19(17,15-6-3-1-2-4-7-15)14-10-12-9-13-5-8-18-11-12/h12-14H,1-11H2/t12-/m0/s1. The van der Waals surface area contributed by atoms with Gasteiger partial charge in [-0.15, -0.1) is 0 Å². The van der Waals surface area contributed by atoms with Gasteiger partial charge in [0.2, 0.25) is 0 Å². The summed E-state index contributed by atoms with van der Waals surface area (Å²) in [6.45, 7) is 4.72. The van der Waals surface area contributed by atoms with Gasteiger partial charge in [0.25, 0.3) is 10.2 Å². The second kappa shape index (κ2) is 7.54. The number of ether oxygens (including phenoxy) is 1. The SMILES string of the molecule is O=S(=O)(NC[C@@H]1CNCCOC1)N1CCCCCC1. The van der Waals surface area contributed by atoms with Crippen molar-refractivity contribution < 1.29 is 13.2 Å². The molecule has 0 aliphatic carbocycles. The van der Waals surface area contributed by atoms with E-state index in [-0.39, 0.29) is 5.92 Å². The van der Waals surface area contributed by atoms with E-state index in [4.69, 9.17) is 4.74 Å². The fraction of sp³-hybridized carbons (Fsp3) is 1.00. The molecule has 0 amide bonds. The summed E-state index contributed by atoms with van der Waals surface area (Å²) in [6, 6.07) is 0. The van der Waals surface area contributed by atoms with Crippen LogP contribution in [0.25, 0.3) is 0 Å². The van der Waals surface area contributed by atoms with E-state index < -0.39 is 10.2 Å². The largest absolute Gasteiger partial charge is 0.380 e. The Labute approximate surface area is 116 Å². The predicted molar refractivity (Wildman–Crippen MR) is 74.1 cm³/mol. The average Bonchev–Trinajstić information content (AvgIpc) is 2.81. The normalized spacial score (nSPS) is 27.7. The molecule has 0 spiro atoms. The average molecular weight is 291 g/mol. The van der Waals surface area contributed by atoms with Gasteiger partial charge in [-0.1, -0.05) is 12.8 Å². The summed E-state index contributed by atoms with van der Waals surface area (Å²) in [5, 5.41) is 3.25. The highest BCUT2D eigenvalue weighted by atomic mass is 32.2. The minimum atomic E-state index is -3.32. The molecule has 2 rings (SSSR count). The molecule has 2 N–H and O–H groups in total. The van der Waals surface area contributed by atoms with Crippen molar-refractivity contribution in [1.82, 2.24) is 14.3 Å². The minimum Gasteiger partial charge on any atom is -0.380 e. The molecule has 2 fully saturated rings. The van der Waals surface area contributed by atoms with E-state index in [0.717, 1.165) is 38.8 Å². The predicted octanol–water partition coefficient (Wildman–Crippen LogP) is -0.0672. The summed E-state index contributed by atoms with van der Waals surface area (Å²) in [6.07, 6.45) is 4.20. The van der Waals surface area contributed by atoms with Crippen LogP contribution in [0.15, 0.2) is 0 Å². The van der Waals surface area contributed by atoms with Crippen LogP contribution in [0.4, 0.5) is 0 Å². The zero-order chi connectivity index (χ0) is 13.6. The van der Waals surface area contributed by atoms with E-state index in [1.165, 1.54) is 0 Å². The molecule has 2 heterocycles. The van der Waals surface area contributed by atoms with Crippen molar-refractivity contribution in [2.45, 2.75) is 25.7 Å². The second-order valence-corrected chi connectivity index (χ2v) is 7.07. The summed E-state index contributed by atoms with van der Waals surface area (Å²) in [5.41, 5.74) is 0. The molecule has 2 saturated heterocycles. The molecule has 19 heavy (non-hydrogen) atoms. The van der Waals surface area contributed by atoms with Crippen LogP contribution in [0.1, 0.15) is 25.7 Å². The minimum absolute atomic E-state index is 0.212. The lowest BCUT2D eigenvalue weighted by Crippen LogP contribution is -2.44.